The first-order chi connectivity index (χ1) is 9.91. The predicted molar refractivity (Wildman–Crippen MR) is 73.0 cm³/mol. The number of pyridine rings is 1. The van der Waals surface area contributed by atoms with Crippen molar-refractivity contribution in [3.8, 4) is 0 Å². The maximum Gasteiger partial charge on any atom is 0.322 e. The fourth-order valence-corrected chi connectivity index (χ4v) is 3.37. The van der Waals surface area contributed by atoms with Crippen molar-refractivity contribution in [2.45, 2.75) is 16.6 Å². The van der Waals surface area contributed by atoms with Crippen molar-refractivity contribution in [3.63, 3.8) is 0 Å². The standard InChI is InChI=1S/C14H12FNO4S/c15-11-3-5-12(6-4-11)21(19,20)13(14(17)18)8-10-2-1-7-16-9-10/h1-7,9,13H,8H2,(H,17,18). The summed E-state index contributed by atoms with van der Waals surface area (Å²) in [6.45, 7) is 0. The second-order valence-corrected chi connectivity index (χ2v) is 6.52. The van der Waals surface area contributed by atoms with Gasteiger partial charge in [0.15, 0.2) is 15.1 Å². The third-order valence-electron chi connectivity index (χ3n) is 2.94. The lowest BCUT2D eigenvalue weighted by Crippen LogP contribution is -2.32. The zero-order valence-corrected chi connectivity index (χ0v) is 11.6. The van der Waals surface area contributed by atoms with Crippen molar-refractivity contribution in [1.29, 1.82) is 0 Å². The molecular weight excluding hydrogens is 297 g/mol. The van der Waals surface area contributed by atoms with Crippen molar-refractivity contribution >= 4 is 15.8 Å². The number of carboxylic acid groups (broad SMARTS) is 1. The van der Waals surface area contributed by atoms with Gasteiger partial charge >= 0.3 is 5.97 Å². The summed E-state index contributed by atoms with van der Waals surface area (Å²) >= 11 is 0. The summed E-state index contributed by atoms with van der Waals surface area (Å²) in [4.78, 5) is 14.9. The number of rotatable bonds is 5. The highest BCUT2D eigenvalue weighted by atomic mass is 32.2. The molecule has 1 aromatic carbocycles. The molecule has 0 fully saturated rings. The minimum atomic E-state index is -4.11. The zero-order chi connectivity index (χ0) is 15.5. The number of aromatic nitrogens is 1. The SMILES string of the molecule is O=C(O)C(Cc1cccnc1)S(=O)(=O)c1ccc(F)cc1. The Morgan fingerprint density at radius 2 is 1.90 bits per heavy atom. The molecule has 0 aliphatic heterocycles. The topological polar surface area (TPSA) is 84.3 Å². The molecule has 0 saturated carbocycles. The smallest absolute Gasteiger partial charge is 0.322 e. The van der Waals surface area contributed by atoms with Gasteiger partial charge in [-0.3, -0.25) is 9.78 Å². The van der Waals surface area contributed by atoms with E-state index in [4.69, 9.17) is 0 Å². The Balaban J connectivity index is 2.37. The van der Waals surface area contributed by atoms with Crippen LogP contribution in [0.2, 0.25) is 0 Å². The van der Waals surface area contributed by atoms with Crippen LogP contribution in [0.25, 0.3) is 0 Å². The highest BCUT2D eigenvalue weighted by Crippen LogP contribution is 2.20. The van der Waals surface area contributed by atoms with Crippen LogP contribution < -0.4 is 0 Å². The van der Waals surface area contributed by atoms with Crippen LogP contribution in [0, 0.1) is 5.82 Å². The van der Waals surface area contributed by atoms with Gasteiger partial charge in [-0.05, 0) is 35.9 Å². The van der Waals surface area contributed by atoms with Crippen LogP contribution in [-0.2, 0) is 21.1 Å². The monoisotopic (exact) mass is 309 g/mol. The molecule has 1 heterocycles. The summed E-state index contributed by atoms with van der Waals surface area (Å²) < 4.78 is 37.6. The van der Waals surface area contributed by atoms with Gasteiger partial charge in [-0.15, -0.1) is 0 Å². The number of carbonyl (C=O) groups is 1. The van der Waals surface area contributed by atoms with Crippen LogP contribution in [0.5, 0.6) is 0 Å². The molecule has 110 valence electrons. The van der Waals surface area contributed by atoms with Crippen molar-refractivity contribution in [2.24, 2.45) is 0 Å². The van der Waals surface area contributed by atoms with Crippen molar-refractivity contribution in [1.82, 2.24) is 4.98 Å². The summed E-state index contributed by atoms with van der Waals surface area (Å²) in [7, 11) is -4.11. The number of hydrogen-bond donors (Lipinski definition) is 1. The lowest BCUT2D eigenvalue weighted by molar-refractivity contribution is -0.136. The Hall–Kier alpha value is -2.28. The van der Waals surface area contributed by atoms with Gasteiger partial charge < -0.3 is 5.11 Å². The van der Waals surface area contributed by atoms with Crippen molar-refractivity contribution < 1.29 is 22.7 Å². The van der Waals surface area contributed by atoms with Crippen LogP contribution >= 0.6 is 0 Å². The molecule has 0 amide bonds. The molecule has 1 aromatic heterocycles. The van der Waals surface area contributed by atoms with E-state index >= 15 is 0 Å². The molecule has 0 spiro atoms. The molecule has 2 rings (SSSR count). The van der Waals surface area contributed by atoms with Gasteiger partial charge in [0.25, 0.3) is 0 Å². The molecule has 21 heavy (non-hydrogen) atoms. The van der Waals surface area contributed by atoms with E-state index in [1.54, 1.807) is 12.1 Å². The van der Waals surface area contributed by atoms with E-state index in [9.17, 15) is 22.7 Å². The Kier molecular flexibility index (Phi) is 4.32. The molecule has 1 atom stereocenters. The van der Waals surface area contributed by atoms with E-state index in [1.807, 2.05) is 0 Å². The molecule has 2 aromatic rings. The van der Waals surface area contributed by atoms with Crippen LogP contribution in [0.3, 0.4) is 0 Å². The number of aliphatic carboxylic acids is 1. The molecule has 7 heteroatoms. The summed E-state index contributed by atoms with van der Waals surface area (Å²) in [6, 6.07) is 7.28. The quantitative estimate of drug-likeness (QED) is 0.850. The van der Waals surface area contributed by atoms with E-state index in [-0.39, 0.29) is 11.3 Å². The Labute approximate surface area is 121 Å². The molecule has 1 unspecified atom stereocenters. The lowest BCUT2D eigenvalue weighted by Gasteiger charge is -2.13. The normalized spacial score (nSPS) is 12.8. The lowest BCUT2D eigenvalue weighted by atomic mass is 10.1. The molecule has 1 N–H and O–H groups in total. The number of carboxylic acids is 1. The third kappa shape index (κ3) is 3.43. The van der Waals surface area contributed by atoms with E-state index in [0.717, 1.165) is 24.3 Å². The molecule has 0 radical (unpaired) electrons. The van der Waals surface area contributed by atoms with Gasteiger partial charge in [0.05, 0.1) is 4.90 Å². The largest absolute Gasteiger partial charge is 0.480 e. The summed E-state index contributed by atoms with van der Waals surface area (Å²) in [5, 5.41) is 7.57. The first-order valence-corrected chi connectivity index (χ1v) is 7.57. The van der Waals surface area contributed by atoms with E-state index < -0.39 is 26.9 Å². The number of hydrogen-bond acceptors (Lipinski definition) is 4. The first kappa shape index (κ1) is 15.1. The molecule has 0 aliphatic carbocycles. The van der Waals surface area contributed by atoms with E-state index in [1.165, 1.54) is 12.4 Å². The van der Waals surface area contributed by atoms with Crippen LogP contribution in [0.15, 0.2) is 53.7 Å². The highest BCUT2D eigenvalue weighted by Gasteiger charge is 2.34. The Morgan fingerprint density at radius 1 is 1.24 bits per heavy atom. The van der Waals surface area contributed by atoms with E-state index in [2.05, 4.69) is 4.98 Å². The highest BCUT2D eigenvalue weighted by molar-refractivity contribution is 7.92. The summed E-state index contributed by atoms with van der Waals surface area (Å²) in [5.74, 6) is -2.05. The molecule has 5 nitrogen and oxygen atoms in total. The van der Waals surface area contributed by atoms with Gasteiger partial charge in [0.1, 0.15) is 5.82 Å². The van der Waals surface area contributed by atoms with E-state index in [0.29, 0.717) is 5.56 Å². The number of sulfone groups is 1. The fourth-order valence-electron chi connectivity index (χ4n) is 1.85. The molecule has 0 bridgehead atoms. The fraction of sp³-hybridized carbons (Fsp3) is 0.143. The van der Waals surface area contributed by atoms with Gasteiger partial charge in [0, 0.05) is 18.8 Å². The number of benzene rings is 1. The van der Waals surface area contributed by atoms with Gasteiger partial charge in [-0.1, -0.05) is 6.07 Å². The van der Waals surface area contributed by atoms with Gasteiger partial charge in [-0.2, -0.15) is 0 Å². The number of halogens is 1. The third-order valence-corrected chi connectivity index (χ3v) is 4.98. The maximum atomic E-state index is 12.9. The minimum Gasteiger partial charge on any atom is -0.480 e. The Morgan fingerprint density at radius 3 is 2.43 bits per heavy atom. The first-order valence-electron chi connectivity index (χ1n) is 6.02. The van der Waals surface area contributed by atoms with Crippen molar-refractivity contribution in [3.05, 3.63) is 60.2 Å². The zero-order valence-electron chi connectivity index (χ0n) is 10.8. The van der Waals surface area contributed by atoms with Gasteiger partial charge in [-0.25, -0.2) is 12.8 Å². The number of nitrogens with zero attached hydrogens (tertiary/aromatic N) is 1. The Bertz CT molecular complexity index is 729. The molecule has 0 saturated heterocycles. The van der Waals surface area contributed by atoms with Crippen molar-refractivity contribution in [2.75, 3.05) is 0 Å². The van der Waals surface area contributed by atoms with Crippen LogP contribution in [-0.4, -0.2) is 29.7 Å². The van der Waals surface area contributed by atoms with Gasteiger partial charge in [0.2, 0.25) is 0 Å². The minimum absolute atomic E-state index is 0.205. The maximum absolute atomic E-state index is 12.9. The second-order valence-electron chi connectivity index (χ2n) is 4.39. The molecule has 0 aliphatic rings. The van der Waals surface area contributed by atoms with Crippen LogP contribution in [0.4, 0.5) is 4.39 Å². The average molecular weight is 309 g/mol. The second kappa shape index (κ2) is 6.01. The summed E-state index contributed by atoms with van der Waals surface area (Å²) in [5.41, 5.74) is 0.496. The molecular formula is C14H12FNO4S. The summed E-state index contributed by atoms with van der Waals surface area (Å²) in [6.07, 6.45) is 2.72. The predicted octanol–water partition coefficient (Wildman–Crippen LogP) is 1.69. The van der Waals surface area contributed by atoms with Crippen LogP contribution in [0.1, 0.15) is 5.56 Å². The average Bonchev–Trinajstić information content (AvgIpc) is 2.46.